The highest BCUT2D eigenvalue weighted by Crippen LogP contribution is 2.22. The lowest BCUT2D eigenvalue weighted by atomic mass is 10.1. The second-order valence-electron chi connectivity index (χ2n) is 6.67. The molecule has 2 aromatic heterocycles. The van der Waals surface area contributed by atoms with Crippen LogP contribution in [0.15, 0.2) is 12.3 Å². The van der Waals surface area contributed by atoms with Crippen LogP contribution in [0.1, 0.15) is 48.7 Å². The van der Waals surface area contributed by atoms with Gasteiger partial charge in [0.2, 0.25) is 0 Å². The summed E-state index contributed by atoms with van der Waals surface area (Å²) >= 11 is 0. The minimum atomic E-state index is -0.0500. The molecule has 1 aliphatic carbocycles. The minimum Gasteiger partial charge on any atom is -0.351 e. The number of carbonyl (C=O) groups excluding carboxylic acids is 1. The first kappa shape index (κ1) is 16.9. The number of aromatic nitrogens is 3. The number of rotatable bonds is 6. The molecular formula is C18H27N5O. The molecule has 3 rings (SSSR count). The second-order valence-corrected chi connectivity index (χ2v) is 6.67. The molecule has 1 amide bonds. The Balaban J connectivity index is 1.62. The molecule has 6 nitrogen and oxygen atoms in total. The number of hydrogen-bond acceptors (Lipinski definition) is 4. The molecular weight excluding hydrogens is 302 g/mol. The number of pyridine rings is 1. The van der Waals surface area contributed by atoms with Gasteiger partial charge in [-0.3, -0.25) is 4.79 Å². The van der Waals surface area contributed by atoms with E-state index in [2.05, 4.69) is 27.3 Å². The molecule has 1 aliphatic rings. The maximum Gasteiger partial charge on any atom is 0.253 e. The van der Waals surface area contributed by atoms with Gasteiger partial charge >= 0.3 is 0 Å². The zero-order chi connectivity index (χ0) is 17.1. The van der Waals surface area contributed by atoms with Crippen LogP contribution in [0.4, 0.5) is 0 Å². The predicted octanol–water partition coefficient (Wildman–Crippen LogP) is 2.36. The molecule has 0 saturated heterocycles. The number of fused-ring (bicyclic) bond motifs is 1. The fraction of sp³-hybridized carbons (Fsp3) is 0.611. The second kappa shape index (κ2) is 7.30. The number of nitrogens with zero attached hydrogens (tertiary/aromatic N) is 4. The Morgan fingerprint density at radius 1 is 1.42 bits per heavy atom. The highest BCUT2D eigenvalue weighted by Gasteiger charge is 2.19. The van der Waals surface area contributed by atoms with Crippen molar-refractivity contribution in [2.45, 2.75) is 52.1 Å². The van der Waals surface area contributed by atoms with Gasteiger partial charge in [0.25, 0.3) is 5.91 Å². The molecule has 2 aromatic rings. The van der Waals surface area contributed by atoms with Crippen LogP contribution in [0, 0.1) is 6.92 Å². The molecule has 24 heavy (non-hydrogen) atoms. The maximum absolute atomic E-state index is 12.5. The van der Waals surface area contributed by atoms with Crippen molar-refractivity contribution in [3.05, 3.63) is 23.5 Å². The molecule has 0 spiro atoms. The number of nitrogens with one attached hydrogen (secondary N) is 1. The molecule has 0 atom stereocenters. The van der Waals surface area contributed by atoms with Crippen molar-refractivity contribution in [3.8, 4) is 0 Å². The molecule has 2 heterocycles. The first-order chi connectivity index (χ1) is 11.6. The lowest BCUT2D eigenvalue weighted by Crippen LogP contribution is -2.37. The van der Waals surface area contributed by atoms with Crippen molar-refractivity contribution in [1.29, 1.82) is 0 Å². The van der Waals surface area contributed by atoms with E-state index in [-0.39, 0.29) is 5.91 Å². The van der Waals surface area contributed by atoms with Gasteiger partial charge in [-0.15, -0.1) is 0 Å². The van der Waals surface area contributed by atoms with Crippen molar-refractivity contribution in [2.75, 3.05) is 20.1 Å². The Morgan fingerprint density at radius 2 is 2.17 bits per heavy atom. The van der Waals surface area contributed by atoms with Gasteiger partial charge in [-0.1, -0.05) is 12.8 Å². The van der Waals surface area contributed by atoms with Crippen LogP contribution in [0.2, 0.25) is 0 Å². The number of likely N-dealkylation sites (N-methyl/N-ethyl adjacent to an activating group) is 1. The topological polar surface area (TPSA) is 63.1 Å². The average Bonchev–Trinajstić information content (AvgIpc) is 3.23. The Labute approximate surface area is 143 Å². The van der Waals surface area contributed by atoms with Gasteiger partial charge in [-0.05, 0) is 39.8 Å². The third-order valence-electron chi connectivity index (χ3n) is 5.04. The standard InChI is InChI=1S/C18H27N5O/c1-4-23-17-14(12-20-23)11-16(13(2)21-17)18(24)19-9-10-22(3)15-7-5-6-8-15/h11-12,15H,4-10H2,1-3H3,(H,19,24). The molecule has 0 unspecified atom stereocenters. The van der Waals surface area contributed by atoms with E-state index >= 15 is 0 Å². The van der Waals surface area contributed by atoms with E-state index in [0.717, 1.165) is 29.8 Å². The molecule has 130 valence electrons. The van der Waals surface area contributed by atoms with Crippen molar-refractivity contribution in [2.24, 2.45) is 0 Å². The summed E-state index contributed by atoms with van der Waals surface area (Å²) in [5.41, 5.74) is 2.23. The van der Waals surface area contributed by atoms with Crippen LogP contribution >= 0.6 is 0 Å². The molecule has 0 aliphatic heterocycles. The van der Waals surface area contributed by atoms with Crippen LogP contribution in [-0.4, -0.2) is 51.8 Å². The Hall–Kier alpha value is -1.95. The van der Waals surface area contributed by atoms with Crippen molar-refractivity contribution in [1.82, 2.24) is 25.0 Å². The highest BCUT2D eigenvalue weighted by atomic mass is 16.1. The van der Waals surface area contributed by atoms with Gasteiger partial charge in [0.1, 0.15) is 0 Å². The molecule has 1 saturated carbocycles. The molecule has 0 radical (unpaired) electrons. The predicted molar refractivity (Wildman–Crippen MR) is 95.2 cm³/mol. The first-order valence-corrected chi connectivity index (χ1v) is 8.91. The van der Waals surface area contributed by atoms with E-state index in [1.54, 1.807) is 6.20 Å². The Morgan fingerprint density at radius 3 is 2.88 bits per heavy atom. The van der Waals surface area contributed by atoms with Crippen LogP contribution < -0.4 is 5.32 Å². The number of aryl methyl sites for hydroxylation is 2. The molecule has 0 aromatic carbocycles. The number of carbonyl (C=O) groups is 1. The van der Waals surface area contributed by atoms with Gasteiger partial charge in [0.05, 0.1) is 17.5 Å². The molecule has 1 N–H and O–H groups in total. The van der Waals surface area contributed by atoms with E-state index < -0.39 is 0 Å². The zero-order valence-electron chi connectivity index (χ0n) is 14.9. The van der Waals surface area contributed by atoms with Gasteiger partial charge in [0.15, 0.2) is 5.65 Å². The van der Waals surface area contributed by atoms with Gasteiger partial charge in [-0.25, -0.2) is 9.67 Å². The smallest absolute Gasteiger partial charge is 0.253 e. The van der Waals surface area contributed by atoms with Crippen molar-refractivity contribution >= 4 is 16.9 Å². The van der Waals surface area contributed by atoms with Gasteiger partial charge in [0, 0.05) is 31.1 Å². The van der Waals surface area contributed by atoms with E-state index in [9.17, 15) is 4.79 Å². The molecule has 1 fully saturated rings. The summed E-state index contributed by atoms with van der Waals surface area (Å²) in [5.74, 6) is -0.0500. The van der Waals surface area contributed by atoms with E-state index in [1.165, 1.54) is 25.7 Å². The third kappa shape index (κ3) is 3.43. The first-order valence-electron chi connectivity index (χ1n) is 8.91. The van der Waals surface area contributed by atoms with Crippen LogP contribution in [0.5, 0.6) is 0 Å². The lowest BCUT2D eigenvalue weighted by molar-refractivity contribution is 0.0946. The van der Waals surface area contributed by atoms with Gasteiger partial charge in [-0.2, -0.15) is 5.10 Å². The summed E-state index contributed by atoms with van der Waals surface area (Å²) in [6.07, 6.45) is 7.00. The largest absolute Gasteiger partial charge is 0.351 e. The lowest BCUT2D eigenvalue weighted by Gasteiger charge is -2.23. The summed E-state index contributed by atoms with van der Waals surface area (Å²) in [5, 5.41) is 8.25. The van der Waals surface area contributed by atoms with Gasteiger partial charge < -0.3 is 10.2 Å². The third-order valence-corrected chi connectivity index (χ3v) is 5.04. The quantitative estimate of drug-likeness (QED) is 0.884. The minimum absolute atomic E-state index is 0.0500. The normalized spacial score (nSPS) is 15.5. The number of hydrogen-bond donors (Lipinski definition) is 1. The number of amides is 1. The van der Waals surface area contributed by atoms with Crippen LogP contribution in [-0.2, 0) is 6.54 Å². The summed E-state index contributed by atoms with van der Waals surface area (Å²) in [6, 6.07) is 2.58. The summed E-state index contributed by atoms with van der Waals surface area (Å²) in [7, 11) is 2.15. The van der Waals surface area contributed by atoms with E-state index in [0.29, 0.717) is 18.2 Å². The Bertz CT molecular complexity index is 718. The van der Waals surface area contributed by atoms with E-state index in [1.807, 2.05) is 24.6 Å². The molecule has 6 heteroatoms. The summed E-state index contributed by atoms with van der Waals surface area (Å²) in [6.45, 7) is 6.24. The van der Waals surface area contributed by atoms with Crippen molar-refractivity contribution < 1.29 is 4.79 Å². The summed E-state index contributed by atoms with van der Waals surface area (Å²) in [4.78, 5) is 19.4. The monoisotopic (exact) mass is 329 g/mol. The fourth-order valence-corrected chi connectivity index (χ4v) is 3.53. The SMILES string of the molecule is CCn1ncc2cc(C(=O)NCCN(C)C3CCCC3)c(C)nc21. The highest BCUT2D eigenvalue weighted by molar-refractivity contribution is 5.98. The maximum atomic E-state index is 12.5. The Kier molecular flexibility index (Phi) is 5.14. The summed E-state index contributed by atoms with van der Waals surface area (Å²) < 4.78 is 1.85. The fourth-order valence-electron chi connectivity index (χ4n) is 3.53. The zero-order valence-corrected chi connectivity index (χ0v) is 14.9. The van der Waals surface area contributed by atoms with E-state index in [4.69, 9.17) is 0 Å². The average molecular weight is 329 g/mol. The van der Waals surface area contributed by atoms with Crippen molar-refractivity contribution in [3.63, 3.8) is 0 Å². The van der Waals surface area contributed by atoms with Crippen LogP contribution in [0.25, 0.3) is 11.0 Å². The van der Waals surface area contributed by atoms with Crippen LogP contribution in [0.3, 0.4) is 0 Å². The molecule has 0 bridgehead atoms.